The Morgan fingerprint density at radius 3 is 1.35 bits per heavy atom. The van der Waals surface area contributed by atoms with Crippen LogP contribution in [0.5, 0.6) is 0 Å². The molecule has 134 valence electrons. The summed E-state index contributed by atoms with van der Waals surface area (Å²) in [5.41, 5.74) is -5.13. The van der Waals surface area contributed by atoms with Gasteiger partial charge in [0.25, 0.3) is 0 Å². The van der Waals surface area contributed by atoms with E-state index in [9.17, 15) is 56.9 Å². The van der Waals surface area contributed by atoms with E-state index in [4.69, 9.17) is 0 Å². The van der Waals surface area contributed by atoms with Gasteiger partial charge >= 0.3 is 61.7 Å². The minimum Gasteiger partial charge on any atom is -0.748 e. The molecule has 0 aromatic rings. The summed E-state index contributed by atoms with van der Waals surface area (Å²) in [6, 6.07) is 0. The summed E-state index contributed by atoms with van der Waals surface area (Å²) >= 11 is 0. The third-order valence-electron chi connectivity index (χ3n) is 2.67. The SMILES string of the molecule is CCC(F)(CS(=O)(=O)[O-])C(F)(F)C(F)(F)C(F)(F)C(F)(F)F.[Ca+2]. The Bertz CT molecular complexity index is 517. The van der Waals surface area contributed by atoms with Crippen molar-refractivity contribution in [3.05, 3.63) is 0 Å². The van der Waals surface area contributed by atoms with Crippen LogP contribution in [0.4, 0.5) is 43.9 Å². The molecule has 15 heteroatoms. The van der Waals surface area contributed by atoms with Crippen molar-refractivity contribution in [3.8, 4) is 0 Å². The van der Waals surface area contributed by atoms with E-state index in [2.05, 4.69) is 0 Å². The van der Waals surface area contributed by atoms with E-state index < -0.39 is 51.9 Å². The normalized spacial score (nSPS) is 17.4. The first kappa shape index (κ1) is 25.7. The van der Waals surface area contributed by atoms with E-state index in [1.54, 1.807) is 0 Å². The van der Waals surface area contributed by atoms with Crippen molar-refractivity contribution in [1.82, 2.24) is 0 Å². The summed E-state index contributed by atoms with van der Waals surface area (Å²) in [5.74, 6) is -24.4. The molecule has 0 aromatic carbocycles. The number of rotatable bonds is 6. The van der Waals surface area contributed by atoms with Gasteiger partial charge in [0.15, 0.2) is 5.67 Å². The summed E-state index contributed by atoms with van der Waals surface area (Å²) in [5, 5.41) is 0. The molecule has 0 saturated carbocycles. The number of hydrogen-bond acceptors (Lipinski definition) is 3. The Balaban J connectivity index is 0. The summed E-state index contributed by atoms with van der Waals surface area (Å²) in [7, 11) is -5.98. The Labute approximate surface area is 153 Å². The molecule has 0 radical (unpaired) electrons. The van der Waals surface area contributed by atoms with Crippen LogP contribution in [-0.4, -0.2) is 86.1 Å². The predicted molar refractivity (Wildman–Crippen MR) is 55.3 cm³/mol. The van der Waals surface area contributed by atoms with Crippen molar-refractivity contribution in [2.24, 2.45) is 0 Å². The first-order valence-electron chi connectivity index (χ1n) is 5.09. The second-order valence-corrected chi connectivity index (χ2v) is 5.65. The summed E-state index contributed by atoms with van der Waals surface area (Å²) < 4.78 is 158. The first-order chi connectivity index (χ1) is 9.27. The van der Waals surface area contributed by atoms with Gasteiger partial charge in [-0.15, -0.1) is 0 Å². The van der Waals surface area contributed by atoms with Crippen LogP contribution < -0.4 is 0 Å². The minimum atomic E-state index is -7.37. The van der Waals surface area contributed by atoms with Gasteiger partial charge in [-0.2, -0.15) is 39.5 Å². The Morgan fingerprint density at radius 1 is 0.783 bits per heavy atom. The molecule has 1 atom stereocenters. The van der Waals surface area contributed by atoms with Crippen LogP contribution in [0, 0.1) is 0 Å². The fraction of sp³-hybridized carbons (Fsp3) is 1.00. The van der Waals surface area contributed by atoms with E-state index in [0.29, 0.717) is 0 Å². The van der Waals surface area contributed by atoms with Crippen LogP contribution in [0.15, 0.2) is 0 Å². The standard InChI is InChI=1S/C8H8F10O3S.Ca/c1-2-4(9,3-22(19,20)21)5(10,11)6(12,13)7(14,15)8(16,17)18;/h2-3H2,1H3,(H,19,20,21);/q;+2/p-1. The molecule has 0 amide bonds. The third kappa shape index (κ3) is 4.55. The monoisotopic (exact) mass is 413 g/mol. The molecule has 1 unspecified atom stereocenters. The fourth-order valence-corrected chi connectivity index (χ4v) is 2.30. The van der Waals surface area contributed by atoms with E-state index in [-0.39, 0.29) is 44.7 Å². The molecule has 0 aliphatic carbocycles. The Morgan fingerprint density at radius 2 is 1.13 bits per heavy atom. The quantitative estimate of drug-likeness (QED) is 0.382. The van der Waals surface area contributed by atoms with Gasteiger partial charge in [-0.3, -0.25) is 0 Å². The van der Waals surface area contributed by atoms with Crippen LogP contribution in [0.2, 0.25) is 0 Å². The Hall–Kier alpha value is 0.470. The number of hydrogen-bond donors (Lipinski definition) is 0. The van der Waals surface area contributed by atoms with E-state index in [1.807, 2.05) is 0 Å². The molecular weight excluding hydrogens is 406 g/mol. The molecule has 0 bridgehead atoms. The van der Waals surface area contributed by atoms with Gasteiger partial charge in [0.1, 0.15) is 0 Å². The fourth-order valence-electron chi connectivity index (χ4n) is 1.35. The van der Waals surface area contributed by atoms with Crippen LogP contribution >= 0.6 is 0 Å². The molecule has 0 spiro atoms. The maximum Gasteiger partial charge on any atom is 2.00 e. The molecule has 3 nitrogen and oxygen atoms in total. The van der Waals surface area contributed by atoms with E-state index in [0.717, 1.165) is 0 Å². The summed E-state index contributed by atoms with van der Waals surface area (Å²) in [6.45, 7) is 0.265. The van der Waals surface area contributed by atoms with Gasteiger partial charge < -0.3 is 4.55 Å². The van der Waals surface area contributed by atoms with Crippen LogP contribution in [0.3, 0.4) is 0 Å². The predicted octanol–water partition coefficient (Wildman–Crippen LogP) is 2.74. The molecule has 0 rings (SSSR count). The van der Waals surface area contributed by atoms with Crippen molar-refractivity contribution in [1.29, 1.82) is 0 Å². The smallest absolute Gasteiger partial charge is 0.748 e. The zero-order valence-corrected chi connectivity index (χ0v) is 14.1. The van der Waals surface area contributed by atoms with Gasteiger partial charge in [0.2, 0.25) is 0 Å². The second kappa shape index (κ2) is 7.00. The van der Waals surface area contributed by atoms with Gasteiger partial charge in [-0.05, 0) is 6.42 Å². The molecule has 0 aliphatic heterocycles. The van der Waals surface area contributed by atoms with Gasteiger partial charge in [-0.25, -0.2) is 12.8 Å². The largest absolute Gasteiger partial charge is 2.00 e. The first-order valence-corrected chi connectivity index (χ1v) is 6.67. The molecule has 0 aliphatic rings. The van der Waals surface area contributed by atoms with Crippen LogP contribution in [0.1, 0.15) is 13.3 Å². The minimum absolute atomic E-state index is 0. The van der Waals surface area contributed by atoms with Gasteiger partial charge in [0.05, 0.1) is 15.9 Å². The maximum absolute atomic E-state index is 13.7. The number of halogens is 10. The van der Waals surface area contributed by atoms with Gasteiger partial charge in [0, 0.05) is 0 Å². The van der Waals surface area contributed by atoms with Crippen molar-refractivity contribution >= 4 is 47.9 Å². The molecule has 23 heavy (non-hydrogen) atoms. The molecule has 0 fully saturated rings. The van der Waals surface area contributed by atoms with Crippen molar-refractivity contribution in [2.45, 2.75) is 43.0 Å². The molecule has 0 saturated heterocycles. The average Bonchev–Trinajstić information content (AvgIpc) is 2.24. The average molecular weight is 413 g/mol. The summed E-state index contributed by atoms with van der Waals surface area (Å²) in [6.07, 6.45) is -9.12. The zero-order valence-electron chi connectivity index (χ0n) is 11.0. The second-order valence-electron chi connectivity index (χ2n) is 4.24. The zero-order chi connectivity index (χ0) is 18.4. The molecule has 0 aromatic heterocycles. The topological polar surface area (TPSA) is 57.2 Å². The van der Waals surface area contributed by atoms with Gasteiger partial charge in [-0.1, -0.05) is 6.92 Å². The summed E-state index contributed by atoms with van der Waals surface area (Å²) in [4.78, 5) is 0. The van der Waals surface area contributed by atoms with Crippen LogP contribution in [-0.2, 0) is 10.1 Å². The van der Waals surface area contributed by atoms with Crippen molar-refractivity contribution in [2.75, 3.05) is 5.75 Å². The van der Waals surface area contributed by atoms with Crippen LogP contribution in [0.25, 0.3) is 0 Å². The third-order valence-corrected chi connectivity index (χ3v) is 3.48. The number of alkyl halides is 10. The Kier molecular flexibility index (Phi) is 7.82. The van der Waals surface area contributed by atoms with E-state index >= 15 is 0 Å². The molecular formula is C8H7CaF10O3S+. The maximum atomic E-state index is 13.7. The van der Waals surface area contributed by atoms with Crippen molar-refractivity contribution in [3.63, 3.8) is 0 Å². The van der Waals surface area contributed by atoms with E-state index in [1.165, 1.54) is 0 Å². The molecule has 0 N–H and O–H groups in total. The van der Waals surface area contributed by atoms with Crippen molar-refractivity contribution < 1.29 is 56.9 Å². The molecule has 0 heterocycles.